The van der Waals surface area contributed by atoms with E-state index in [0.29, 0.717) is 18.0 Å². The van der Waals surface area contributed by atoms with Crippen molar-refractivity contribution in [3.63, 3.8) is 0 Å². The fourth-order valence-corrected chi connectivity index (χ4v) is 1.99. The topological polar surface area (TPSA) is 79.8 Å². The number of carbonyl (C=O) groups is 1. The molecule has 3 N–H and O–H groups in total. The second-order valence-corrected chi connectivity index (χ2v) is 4.89. The molecule has 0 spiro atoms. The number of nitrogens with one attached hydrogen (secondary N) is 2. The van der Waals surface area contributed by atoms with Crippen molar-refractivity contribution in [1.29, 1.82) is 0 Å². The number of benzene rings is 2. The normalized spacial score (nSPS) is 11.6. The van der Waals surface area contributed by atoms with Crippen LogP contribution in [0, 0.1) is 0 Å². The van der Waals surface area contributed by atoms with Crippen LogP contribution < -0.4 is 20.3 Å². The van der Waals surface area contributed by atoms with Gasteiger partial charge in [0.2, 0.25) is 0 Å². The van der Waals surface area contributed by atoms with E-state index in [2.05, 4.69) is 10.9 Å². The van der Waals surface area contributed by atoms with E-state index in [1.54, 1.807) is 6.07 Å². The summed E-state index contributed by atoms with van der Waals surface area (Å²) in [4.78, 5) is 11.0. The summed E-state index contributed by atoms with van der Waals surface area (Å²) in [5.74, 6) is -0.110. The maximum absolute atomic E-state index is 11.0. The molecule has 0 aliphatic carbocycles. The molecular weight excluding hydrogens is 296 g/mol. The average molecular weight is 316 g/mol. The van der Waals surface area contributed by atoms with Gasteiger partial charge in [-0.1, -0.05) is 30.3 Å². The van der Waals surface area contributed by atoms with Gasteiger partial charge in [0.1, 0.15) is 0 Å². The predicted molar refractivity (Wildman–Crippen MR) is 87.6 cm³/mol. The van der Waals surface area contributed by atoms with Gasteiger partial charge in [0.05, 0.1) is 7.11 Å². The second kappa shape index (κ2) is 8.05. The third kappa shape index (κ3) is 4.62. The van der Waals surface area contributed by atoms with Crippen LogP contribution >= 0.6 is 0 Å². The molecule has 0 saturated heterocycles. The van der Waals surface area contributed by atoms with E-state index < -0.39 is 12.1 Å². The molecule has 0 aliphatic rings. The number of carboxylic acid groups (broad SMARTS) is 1. The number of hydrogen-bond acceptors (Lipinski definition) is 5. The Balaban J connectivity index is 2.09. The van der Waals surface area contributed by atoms with Crippen LogP contribution in [-0.2, 0) is 11.3 Å². The Labute approximate surface area is 135 Å². The first-order valence-corrected chi connectivity index (χ1v) is 7.21. The van der Waals surface area contributed by atoms with Crippen LogP contribution in [0.15, 0.2) is 48.5 Å². The molecule has 23 heavy (non-hydrogen) atoms. The lowest BCUT2D eigenvalue weighted by Crippen LogP contribution is -2.25. The molecule has 2 aromatic rings. The Morgan fingerprint density at radius 3 is 2.57 bits per heavy atom. The molecule has 0 heterocycles. The van der Waals surface area contributed by atoms with Gasteiger partial charge < -0.3 is 20.0 Å². The van der Waals surface area contributed by atoms with Crippen molar-refractivity contribution < 1.29 is 19.4 Å². The number of ether oxygens (including phenoxy) is 2. The summed E-state index contributed by atoms with van der Waals surface area (Å²) < 4.78 is 10.8. The SMILES string of the molecule is COc1cccc(CNNc2ccccc2)c1OC(C)C(=O)O. The summed E-state index contributed by atoms with van der Waals surface area (Å²) in [6, 6.07) is 15.1. The fourth-order valence-electron chi connectivity index (χ4n) is 1.99. The van der Waals surface area contributed by atoms with Gasteiger partial charge in [-0.3, -0.25) is 0 Å². The molecule has 2 rings (SSSR count). The lowest BCUT2D eigenvalue weighted by Gasteiger charge is -2.18. The Bertz CT molecular complexity index is 646. The molecule has 0 bridgehead atoms. The van der Waals surface area contributed by atoms with Gasteiger partial charge in [0.15, 0.2) is 17.6 Å². The van der Waals surface area contributed by atoms with Crippen molar-refractivity contribution in [2.24, 2.45) is 0 Å². The predicted octanol–water partition coefficient (Wildman–Crippen LogP) is 2.66. The van der Waals surface area contributed by atoms with Crippen LogP contribution in [0.25, 0.3) is 0 Å². The smallest absolute Gasteiger partial charge is 0.344 e. The molecule has 1 atom stereocenters. The molecule has 2 aromatic carbocycles. The van der Waals surface area contributed by atoms with E-state index in [1.165, 1.54) is 14.0 Å². The third-order valence-corrected chi connectivity index (χ3v) is 3.21. The Morgan fingerprint density at radius 1 is 1.17 bits per heavy atom. The minimum Gasteiger partial charge on any atom is -0.493 e. The van der Waals surface area contributed by atoms with Crippen LogP contribution in [0.5, 0.6) is 11.5 Å². The largest absolute Gasteiger partial charge is 0.493 e. The number of rotatable bonds is 8. The van der Waals surface area contributed by atoms with E-state index in [-0.39, 0.29) is 0 Å². The molecule has 122 valence electrons. The summed E-state index contributed by atoms with van der Waals surface area (Å²) in [5, 5.41) is 9.03. The van der Waals surface area contributed by atoms with E-state index in [0.717, 1.165) is 11.3 Å². The molecule has 0 amide bonds. The first kappa shape index (κ1) is 16.6. The van der Waals surface area contributed by atoms with Gasteiger partial charge >= 0.3 is 5.97 Å². The minimum atomic E-state index is -1.03. The lowest BCUT2D eigenvalue weighted by atomic mass is 10.2. The highest BCUT2D eigenvalue weighted by molar-refractivity contribution is 5.72. The van der Waals surface area contributed by atoms with E-state index in [9.17, 15) is 4.79 Å². The van der Waals surface area contributed by atoms with Crippen LogP contribution in [0.2, 0.25) is 0 Å². The molecular formula is C17H20N2O4. The highest BCUT2D eigenvalue weighted by Crippen LogP contribution is 2.32. The van der Waals surface area contributed by atoms with Crippen molar-refractivity contribution >= 4 is 11.7 Å². The van der Waals surface area contributed by atoms with Crippen LogP contribution in [0.3, 0.4) is 0 Å². The maximum Gasteiger partial charge on any atom is 0.344 e. The summed E-state index contributed by atoms with van der Waals surface area (Å²) in [6.07, 6.45) is -0.966. The fraction of sp³-hybridized carbons (Fsp3) is 0.235. The summed E-state index contributed by atoms with van der Waals surface area (Å²) >= 11 is 0. The zero-order chi connectivity index (χ0) is 16.7. The standard InChI is InChI=1S/C17H20N2O4/c1-12(17(20)21)23-16-13(7-6-10-15(16)22-2)11-18-19-14-8-4-3-5-9-14/h3-10,12,18-19H,11H2,1-2H3,(H,20,21). The van der Waals surface area contributed by atoms with Crippen LogP contribution in [0.4, 0.5) is 5.69 Å². The first-order valence-electron chi connectivity index (χ1n) is 7.21. The van der Waals surface area contributed by atoms with Crippen molar-refractivity contribution in [2.75, 3.05) is 12.5 Å². The van der Waals surface area contributed by atoms with Gasteiger partial charge in [-0.25, -0.2) is 10.2 Å². The summed E-state index contributed by atoms with van der Waals surface area (Å²) in [6.45, 7) is 1.92. The van der Waals surface area contributed by atoms with Gasteiger partial charge in [0.25, 0.3) is 0 Å². The van der Waals surface area contributed by atoms with E-state index in [1.807, 2.05) is 42.5 Å². The van der Waals surface area contributed by atoms with E-state index in [4.69, 9.17) is 14.6 Å². The lowest BCUT2D eigenvalue weighted by molar-refractivity contribution is -0.144. The van der Waals surface area contributed by atoms with Crippen LogP contribution in [0.1, 0.15) is 12.5 Å². The number of hydrazine groups is 1. The van der Waals surface area contributed by atoms with Gasteiger partial charge in [-0.05, 0) is 25.1 Å². The molecule has 0 fully saturated rings. The Hall–Kier alpha value is -2.73. The maximum atomic E-state index is 11.0. The van der Waals surface area contributed by atoms with Crippen molar-refractivity contribution in [1.82, 2.24) is 5.43 Å². The molecule has 6 nitrogen and oxygen atoms in total. The van der Waals surface area contributed by atoms with Crippen molar-refractivity contribution in [2.45, 2.75) is 19.6 Å². The molecule has 6 heteroatoms. The number of hydrogen-bond donors (Lipinski definition) is 3. The summed E-state index contributed by atoms with van der Waals surface area (Å²) in [5.41, 5.74) is 7.87. The second-order valence-electron chi connectivity index (χ2n) is 4.89. The minimum absolute atomic E-state index is 0.423. The molecule has 0 aromatic heterocycles. The van der Waals surface area contributed by atoms with Gasteiger partial charge in [-0.2, -0.15) is 0 Å². The van der Waals surface area contributed by atoms with E-state index >= 15 is 0 Å². The van der Waals surface area contributed by atoms with Crippen molar-refractivity contribution in [3.8, 4) is 11.5 Å². The number of methoxy groups -OCH3 is 1. The zero-order valence-corrected chi connectivity index (χ0v) is 13.1. The Kier molecular flexibility index (Phi) is 5.82. The third-order valence-electron chi connectivity index (χ3n) is 3.21. The average Bonchev–Trinajstić information content (AvgIpc) is 2.57. The first-order chi connectivity index (χ1) is 11.1. The molecule has 1 unspecified atom stereocenters. The zero-order valence-electron chi connectivity index (χ0n) is 13.1. The monoisotopic (exact) mass is 316 g/mol. The highest BCUT2D eigenvalue weighted by Gasteiger charge is 2.18. The molecule has 0 saturated carbocycles. The number of aliphatic carboxylic acids is 1. The van der Waals surface area contributed by atoms with Crippen molar-refractivity contribution in [3.05, 3.63) is 54.1 Å². The van der Waals surface area contributed by atoms with Crippen LogP contribution in [-0.4, -0.2) is 24.3 Å². The van der Waals surface area contributed by atoms with Gasteiger partial charge in [0, 0.05) is 17.8 Å². The molecule has 0 aliphatic heterocycles. The quantitative estimate of drug-likeness (QED) is 0.650. The highest BCUT2D eigenvalue weighted by atomic mass is 16.5. The Morgan fingerprint density at radius 2 is 1.91 bits per heavy atom. The molecule has 0 radical (unpaired) electrons. The van der Waals surface area contributed by atoms with Gasteiger partial charge in [-0.15, -0.1) is 0 Å². The number of para-hydroxylation sites is 2. The summed E-state index contributed by atoms with van der Waals surface area (Å²) in [7, 11) is 1.52. The number of carboxylic acids is 1. The number of anilines is 1.